The highest BCUT2D eigenvalue weighted by Crippen LogP contribution is 2.28. The normalized spacial score (nSPS) is 15.2. The van der Waals surface area contributed by atoms with Crippen LogP contribution in [-0.4, -0.2) is 31.8 Å². The Hall–Kier alpha value is -3.75. The van der Waals surface area contributed by atoms with Gasteiger partial charge in [0.2, 0.25) is 10.0 Å². The van der Waals surface area contributed by atoms with E-state index in [0.717, 1.165) is 41.8 Å². The standard InChI is InChI=1S/C29H27NO6S/c31-27(16-11-21-9-13-24(14-10-21)37(33,34)30-17-5-1-2-6-18-30)35-20-23-19-28(32)36-26-15-12-22-7-3-4-8-25(22)29(23)26/h3-4,7-16,19H,1-2,5-6,17-18,20H2. The van der Waals surface area contributed by atoms with Gasteiger partial charge in [0.05, 0.1) is 4.90 Å². The summed E-state index contributed by atoms with van der Waals surface area (Å²) in [6.45, 7) is 1.00. The van der Waals surface area contributed by atoms with Crippen LogP contribution in [0.4, 0.5) is 0 Å². The van der Waals surface area contributed by atoms with E-state index in [1.807, 2.05) is 30.3 Å². The van der Waals surface area contributed by atoms with Crippen molar-refractivity contribution < 1.29 is 22.4 Å². The van der Waals surface area contributed by atoms with Crippen molar-refractivity contribution in [3.8, 4) is 0 Å². The number of rotatable bonds is 6. The van der Waals surface area contributed by atoms with Gasteiger partial charge < -0.3 is 9.15 Å². The molecule has 1 aliphatic rings. The van der Waals surface area contributed by atoms with Crippen molar-refractivity contribution >= 4 is 43.8 Å². The maximum Gasteiger partial charge on any atom is 0.336 e. The van der Waals surface area contributed by atoms with E-state index in [4.69, 9.17) is 9.15 Å². The molecule has 4 aromatic rings. The highest BCUT2D eigenvalue weighted by Gasteiger charge is 2.24. The second kappa shape index (κ2) is 10.7. The molecule has 0 N–H and O–H groups in total. The summed E-state index contributed by atoms with van der Waals surface area (Å²) < 4.78 is 38.2. The summed E-state index contributed by atoms with van der Waals surface area (Å²) >= 11 is 0. The van der Waals surface area contributed by atoms with Crippen LogP contribution in [0.3, 0.4) is 0 Å². The molecule has 1 aliphatic heterocycles. The monoisotopic (exact) mass is 517 g/mol. The summed E-state index contributed by atoms with van der Waals surface area (Å²) in [6.07, 6.45) is 6.71. The summed E-state index contributed by atoms with van der Waals surface area (Å²) in [5, 5.41) is 2.62. The van der Waals surface area contributed by atoms with E-state index < -0.39 is 21.6 Å². The molecule has 0 atom stereocenters. The van der Waals surface area contributed by atoms with Crippen molar-refractivity contribution in [3.63, 3.8) is 0 Å². The topological polar surface area (TPSA) is 93.9 Å². The molecule has 1 saturated heterocycles. The molecular formula is C29H27NO6S. The predicted octanol–water partition coefficient (Wildman–Crippen LogP) is 5.27. The number of hydrogen-bond acceptors (Lipinski definition) is 6. The van der Waals surface area contributed by atoms with Gasteiger partial charge in [-0.15, -0.1) is 0 Å². The van der Waals surface area contributed by atoms with E-state index >= 15 is 0 Å². The van der Waals surface area contributed by atoms with Gasteiger partial charge >= 0.3 is 11.6 Å². The largest absolute Gasteiger partial charge is 0.458 e. The molecule has 3 aromatic carbocycles. The number of fused-ring (bicyclic) bond motifs is 3. The maximum atomic E-state index is 12.9. The third kappa shape index (κ3) is 5.50. The number of nitrogens with zero attached hydrogens (tertiary/aromatic N) is 1. The van der Waals surface area contributed by atoms with Crippen LogP contribution >= 0.6 is 0 Å². The SMILES string of the molecule is O=C(C=Cc1ccc(S(=O)(=O)N2CCCCCC2)cc1)OCc1cc(=O)oc2ccc3ccccc3c12. The number of hydrogen-bond donors (Lipinski definition) is 0. The molecule has 8 heteroatoms. The summed E-state index contributed by atoms with van der Waals surface area (Å²) in [5.41, 5.74) is 1.15. The lowest BCUT2D eigenvalue weighted by atomic mass is 10.0. The molecule has 0 unspecified atom stereocenters. The summed E-state index contributed by atoms with van der Waals surface area (Å²) in [4.78, 5) is 24.7. The first-order valence-corrected chi connectivity index (χ1v) is 13.8. The molecule has 7 nitrogen and oxygen atoms in total. The molecule has 0 spiro atoms. The van der Waals surface area contributed by atoms with E-state index in [9.17, 15) is 18.0 Å². The van der Waals surface area contributed by atoms with Gasteiger partial charge in [-0.05, 0) is 53.5 Å². The van der Waals surface area contributed by atoms with Crippen molar-refractivity contribution in [2.45, 2.75) is 37.2 Å². The molecule has 37 heavy (non-hydrogen) atoms. The van der Waals surface area contributed by atoms with Crippen LogP contribution in [0, 0.1) is 0 Å². The molecule has 1 fully saturated rings. The van der Waals surface area contributed by atoms with Gasteiger partial charge in [0.15, 0.2) is 0 Å². The zero-order valence-corrected chi connectivity index (χ0v) is 21.1. The fourth-order valence-corrected chi connectivity index (χ4v) is 6.19. The summed E-state index contributed by atoms with van der Waals surface area (Å²) in [5.74, 6) is -0.581. The molecule has 5 rings (SSSR count). The van der Waals surface area contributed by atoms with E-state index in [-0.39, 0.29) is 11.5 Å². The van der Waals surface area contributed by atoms with Crippen LogP contribution in [0.25, 0.3) is 27.8 Å². The maximum absolute atomic E-state index is 12.9. The van der Waals surface area contributed by atoms with Crippen LogP contribution in [0.1, 0.15) is 36.8 Å². The van der Waals surface area contributed by atoms with Crippen LogP contribution < -0.4 is 5.63 Å². The highest BCUT2D eigenvalue weighted by atomic mass is 32.2. The van der Waals surface area contributed by atoms with Gasteiger partial charge in [0.25, 0.3) is 0 Å². The molecule has 0 saturated carbocycles. The van der Waals surface area contributed by atoms with Crippen LogP contribution in [0.15, 0.2) is 86.9 Å². The quantitative estimate of drug-likeness (QED) is 0.150. The first-order chi connectivity index (χ1) is 17.9. The van der Waals surface area contributed by atoms with E-state index in [1.165, 1.54) is 12.1 Å². The summed E-state index contributed by atoms with van der Waals surface area (Å²) in [6, 6.07) is 19.1. The Morgan fingerprint density at radius 2 is 1.68 bits per heavy atom. The minimum absolute atomic E-state index is 0.0910. The van der Waals surface area contributed by atoms with Crippen molar-refractivity contribution in [1.82, 2.24) is 4.31 Å². The number of benzene rings is 3. The summed E-state index contributed by atoms with van der Waals surface area (Å²) in [7, 11) is -3.53. The third-order valence-corrected chi connectivity index (χ3v) is 8.49. The molecule has 0 amide bonds. The first-order valence-electron chi connectivity index (χ1n) is 12.3. The van der Waals surface area contributed by atoms with Crippen molar-refractivity contribution in [2.75, 3.05) is 13.1 Å². The van der Waals surface area contributed by atoms with E-state index in [0.29, 0.717) is 29.8 Å². The predicted molar refractivity (Wildman–Crippen MR) is 142 cm³/mol. The second-order valence-corrected chi connectivity index (χ2v) is 11.0. The Balaban J connectivity index is 1.28. The molecule has 1 aromatic heterocycles. The van der Waals surface area contributed by atoms with E-state index in [2.05, 4.69) is 0 Å². The van der Waals surface area contributed by atoms with Crippen LogP contribution in [0.2, 0.25) is 0 Å². The van der Waals surface area contributed by atoms with Gasteiger partial charge in [-0.3, -0.25) is 0 Å². The molecule has 0 radical (unpaired) electrons. The zero-order valence-electron chi connectivity index (χ0n) is 20.3. The lowest BCUT2D eigenvalue weighted by Gasteiger charge is -2.19. The Morgan fingerprint density at radius 1 is 0.946 bits per heavy atom. The number of carbonyl (C=O) groups excluding carboxylic acids is 1. The zero-order chi connectivity index (χ0) is 25.8. The number of ether oxygens (including phenoxy) is 1. The minimum Gasteiger partial charge on any atom is -0.458 e. The van der Waals surface area contributed by atoms with E-state index in [1.54, 1.807) is 40.7 Å². The average molecular weight is 518 g/mol. The second-order valence-electron chi connectivity index (χ2n) is 9.08. The molecule has 2 heterocycles. The van der Waals surface area contributed by atoms with Gasteiger partial charge in [0.1, 0.15) is 12.2 Å². The smallest absolute Gasteiger partial charge is 0.336 e. The Kier molecular flexibility index (Phi) is 7.21. The number of sulfonamides is 1. The lowest BCUT2D eigenvalue weighted by Crippen LogP contribution is -2.31. The fourth-order valence-electron chi connectivity index (χ4n) is 4.68. The average Bonchev–Trinajstić information content (AvgIpc) is 3.21. The van der Waals surface area contributed by atoms with Crippen molar-refractivity contribution in [1.29, 1.82) is 0 Å². The Labute approximate surface area is 215 Å². The lowest BCUT2D eigenvalue weighted by molar-refractivity contribution is -0.138. The van der Waals surface area contributed by atoms with Crippen LogP contribution in [0.5, 0.6) is 0 Å². The van der Waals surface area contributed by atoms with Crippen LogP contribution in [-0.2, 0) is 26.2 Å². The van der Waals surface area contributed by atoms with Crippen molar-refractivity contribution in [2.24, 2.45) is 0 Å². The first kappa shape index (κ1) is 24.9. The number of esters is 1. The molecule has 0 bridgehead atoms. The molecular weight excluding hydrogens is 490 g/mol. The van der Waals surface area contributed by atoms with Crippen molar-refractivity contribution in [3.05, 3.63) is 94.4 Å². The fraction of sp³-hybridized carbons (Fsp3) is 0.241. The van der Waals surface area contributed by atoms with Gasteiger partial charge in [-0.1, -0.05) is 55.3 Å². The third-order valence-electron chi connectivity index (χ3n) is 6.58. The van der Waals surface area contributed by atoms with Gasteiger partial charge in [0, 0.05) is 36.2 Å². The molecule has 0 aliphatic carbocycles. The highest BCUT2D eigenvalue weighted by molar-refractivity contribution is 7.89. The molecule has 190 valence electrons. The van der Waals surface area contributed by atoms with Gasteiger partial charge in [-0.2, -0.15) is 4.31 Å². The Bertz CT molecular complexity index is 1630. The number of carbonyl (C=O) groups is 1. The Morgan fingerprint density at radius 3 is 2.43 bits per heavy atom. The minimum atomic E-state index is -3.53. The van der Waals surface area contributed by atoms with Gasteiger partial charge in [-0.25, -0.2) is 18.0 Å².